The van der Waals surface area contributed by atoms with Crippen LogP contribution in [0.15, 0.2) is 18.2 Å². The molecule has 3 rings (SSSR count). The smallest absolute Gasteiger partial charge is 0.258 e. The summed E-state index contributed by atoms with van der Waals surface area (Å²) in [7, 11) is 0. The Morgan fingerprint density at radius 1 is 1.36 bits per heavy atom. The number of hydrogen-bond donors (Lipinski definition) is 2. The molecule has 0 radical (unpaired) electrons. The molecule has 4 nitrogen and oxygen atoms in total. The standard InChI is InChI=1S/C16H21ClN2O2.ClH/c1-10-14(17)3-2-4-15(10)21-9-16(20)19-13-7-11-5-6-12(8-13)18-11;/h2-4,11-13,18H,5-9H2,1H3,(H,19,20);1H. The van der Waals surface area contributed by atoms with Crippen LogP contribution in [-0.2, 0) is 4.79 Å². The van der Waals surface area contributed by atoms with Crippen LogP contribution in [-0.4, -0.2) is 30.6 Å². The van der Waals surface area contributed by atoms with E-state index in [1.807, 2.05) is 25.1 Å². The lowest BCUT2D eigenvalue weighted by molar-refractivity contribution is -0.124. The molecule has 2 aliphatic rings. The molecule has 0 saturated carbocycles. The molecule has 2 fully saturated rings. The molecule has 1 aromatic rings. The third kappa shape index (κ3) is 4.06. The Morgan fingerprint density at radius 3 is 2.73 bits per heavy atom. The summed E-state index contributed by atoms with van der Waals surface area (Å²) in [5, 5.41) is 7.31. The maximum atomic E-state index is 12.0. The zero-order valence-corrected chi connectivity index (χ0v) is 14.2. The first-order chi connectivity index (χ1) is 10.1. The number of rotatable bonds is 4. The van der Waals surface area contributed by atoms with E-state index in [1.54, 1.807) is 0 Å². The number of piperidine rings is 1. The number of ether oxygens (including phenoxy) is 1. The Kier molecular flexibility index (Phi) is 5.95. The van der Waals surface area contributed by atoms with E-state index in [-0.39, 0.29) is 31.0 Å². The minimum Gasteiger partial charge on any atom is -0.483 e. The van der Waals surface area contributed by atoms with E-state index >= 15 is 0 Å². The first-order valence-corrected chi connectivity index (χ1v) is 7.93. The molecule has 22 heavy (non-hydrogen) atoms. The van der Waals surface area contributed by atoms with E-state index in [2.05, 4.69) is 10.6 Å². The molecule has 0 aliphatic carbocycles. The molecule has 122 valence electrons. The van der Waals surface area contributed by atoms with Gasteiger partial charge in [-0.15, -0.1) is 12.4 Å². The molecule has 2 heterocycles. The van der Waals surface area contributed by atoms with Crippen LogP contribution in [0.25, 0.3) is 0 Å². The van der Waals surface area contributed by atoms with Crippen molar-refractivity contribution in [2.45, 2.75) is 50.7 Å². The van der Waals surface area contributed by atoms with E-state index in [0.717, 1.165) is 18.4 Å². The highest BCUT2D eigenvalue weighted by atomic mass is 35.5. The van der Waals surface area contributed by atoms with Gasteiger partial charge in [-0.25, -0.2) is 0 Å². The average Bonchev–Trinajstić information content (AvgIpc) is 2.79. The number of carbonyl (C=O) groups is 1. The van der Waals surface area contributed by atoms with E-state index in [9.17, 15) is 4.79 Å². The lowest BCUT2D eigenvalue weighted by Crippen LogP contribution is -2.48. The zero-order valence-electron chi connectivity index (χ0n) is 12.6. The monoisotopic (exact) mass is 344 g/mol. The zero-order chi connectivity index (χ0) is 14.8. The van der Waals surface area contributed by atoms with Crippen molar-refractivity contribution in [2.24, 2.45) is 0 Å². The van der Waals surface area contributed by atoms with Crippen LogP contribution in [0.4, 0.5) is 0 Å². The molecule has 0 aromatic heterocycles. The fourth-order valence-corrected chi connectivity index (χ4v) is 3.50. The minimum atomic E-state index is -0.0549. The van der Waals surface area contributed by atoms with Gasteiger partial charge in [0.15, 0.2) is 6.61 Å². The van der Waals surface area contributed by atoms with Crippen molar-refractivity contribution in [3.05, 3.63) is 28.8 Å². The lowest BCUT2D eigenvalue weighted by atomic mass is 10.00. The van der Waals surface area contributed by atoms with Gasteiger partial charge in [-0.3, -0.25) is 4.79 Å². The fourth-order valence-electron chi connectivity index (χ4n) is 3.33. The van der Waals surface area contributed by atoms with Gasteiger partial charge in [-0.05, 0) is 44.7 Å². The largest absolute Gasteiger partial charge is 0.483 e. The number of fused-ring (bicyclic) bond motifs is 2. The van der Waals surface area contributed by atoms with Crippen LogP contribution in [0.1, 0.15) is 31.2 Å². The molecule has 2 saturated heterocycles. The average molecular weight is 345 g/mol. The summed E-state index contributed by atoms with van der Waals surface area (Å²) in [6.07, 6.45) is 4.52. The Hall–Kier alpha value is -0.970. The van der Waals surface area contributed by atoms with Crippen LogP contribution in [0.2, 0.25) is 5.02 Å². The van der Waals surface area contributed by atoms with Crippen LogP contribution < -0.4 is 15.4 Å². The Balaban J connectivity index is 0.00000176. The molecule has 2 N–H and O–H groups in total. The summed E-state index contributed by atoms with van der Waals surface area (Å²) in [4.78, 5) is 12.0. The number of halogens is 2. The van der Waals surface area contributed by atoms with Gasteiger partial charge in [-0.1, -0.05) is 17.7 Å². The maximum absolute atomic E-state index is 12.0. The van der Waals surface area contributed by atoms with Gasteiger partial charge in [-0.2, -0.15) is 0 Å². The highest BCUT2D eigenvalue weighted by Gasteiger charge is 2.33. The van der Waals surface area contributed by atoms with E-state index in [0.29, 0.717) is 22.9 Å². The van der Waals surface area contributed by atoms with Gasteiger partial charge in [0, 0.05) is 28.7 Å². The van der Waals surface area contributed by atoms with Crippen LogP contribution in [0, 0.1) is 6.92 Å². The molecule has 2 bridgehead atoms. The fraction of sp³-hybridized carbons (Fsp3) is 0.562. The predicted octanol–water partition coefficient (Wildman–Crippen LogP) is 2.85. The van der Waals surface area contributed by atoms with Crippen LogP contribution in [0.5, 0.6) is 5.75 Å². The Morgan fingerprint density at radius 2 is 2.05 bits per heavy atom. The van der Waals surface area contributed by atoms with E-state index < -0.39 is 0 Å². The van der Waals surface area contributed by atoms with Crippen molar-refractivity contribution in [2.75, 3.05) is 6.61 Å². The van der Waals surface area contributed by atoms with Crippen LogP contribution >= 0.6 is 24.0 Å². The van der Waals surface area contributed by atoms with Gasteiger partial charge in [0.2, 0.25) is 0 Å². The quantitative estimate of drug-likeness (QED) is 0.882. The summed E-state index contributed by atoms with van der Waals surface area (Å²) >= 11 is 6.04. The topological polar surface area (TPSA) is 50.4 Å². The molecule has 2 atom stereocenters. The summed E-state index contributed by atoms with van der Waals surface area (Å²) in [5.41, 5.74) is 0.867. The lowest BCUT2D eigenvalue weighted by Gasteiger charge is -2.29. The highest BCUT2D eigenvalue weighted by Crippen LogP contribution is 2.27. The van der Waals surface area contributed by atoms with Gasteiger partial charge in [0.1, 0.15) is 5.75 Å². The summed E-state index contributed by atoms with van der Waals surface area (Å²) in [5.74, 6) is 0.615. The summed E-state index contributed by atoms with van der Waals surface area (Å²) < 4.78 is 5.58. The molecule has 0 spiro atoms. The molecule has 2 aliphatic heterocycles. The first-order valence-electron chi connectivity index (χ1n) is 7.55. The molecular formula is C16H22Cl2N2O2. The first kappa shape index (κ1) is 17.4. The Labute approximate surface area is 142 Å². The summed E-state index contributed by atoms with van der Waals surface area (Å²) in [6, 6.07) is 6.90. The summed E-state index contributed by atoms with van der Waals surface area (Å²) in [6.45, 7) is 1.93. The third-order valence-corrected chi connectivity index (χ3v) is 4.82. The second-order valence-electron chi connectivity index (χ2n) is 6.03. The molecule has 1 aromatic carbocycles. The molecule has 6 heteroatoms. The number of benzene rings is 1. The number of hydrogen-bond acceptors (Lipinski definition) is 3. The third-order valence-electron chi connectivity index (χ3n) is 4.41. The molecule has 2 unspecified atom stereocenters. The SMILES string of the molecule is Cc1c(Cl)cccc1OCC(=O)NC1CC2CCC(C1)N2.Cl. The molecular weight excluding hydrogens is 323 g/mol. The van der Waals surface area contributed by atoms with Crippen molar-refractivity contribution in [1.82, 2.24) is 10.6 Å². The van der Waals surface area contributed by atoms with Crippen molar-refractivity contribution in [3.63, 3.8) is 0 Å². The highest BCUT2D eigenvalue weighted by molar-refractivity contribution is 6.31. The number of amides is 1. The van der Waals surface area contributed by atoms with Crippen molar-refractivity contribution in [3.8, 4) is 5.75 Å². The van der Waals surface area contributed by atoms with Gasteiger partial charge in [0.25, 0.3) is 5.91 Å². The Bertz CT molecular complexity index is 527. The second kappa shape index (κ2) is 7.53. The van der Waals surface area contributed by atoms with Crippen LogP contribution in [0.3, 0.4) is 0 Å². The van der Waals surface area contributed by atoms with Crippen molar-refractivity contribution < 1.29 is 9.53 Å². The van der Waals surface area contributed by atoms with E-state index in [4.69, 9.17) is 16.3 Å². The van der Waals surface area contributed by atoms with Gasteiger partial charge >= 0.3 is 0 Å². The predicted molar refractivity (Wildman–Crippen MR) is 90.0 cm³/mol. The minimum absolute atomic E-state index is 0. The van der Waals surface area contributed by atoms with Crippen molar-refractivity contribution >= 4 is 29.9 Å². The van der Waals surface area contributed by atoms with Gasteiger partial charge < -0.3 is 15.4 Å². The maximum Gasteiger partial charge on any atom is 0.258 e. The second-order valence-corrected chi connectivity index (χ2v) is 6.43. The molecule has 1 amide bonds. The number of nitrogens with one attached hydrogen (secondary N) is 2. The van der Waals surface area contributed by atoms with E-state index in [1.165, 1.54) is 12.8 Å². The number of carbonyl (C=O) groups excluding carboxylic acids is 1. The normalized spacial score (nSPS) is 26.2. The van der Waals surface area contributed by atoms with Crippen molar-refractivity contribution in [1.29, 1.82) is 0 Å². The van der Waals surface area contributed by atoms with Gasteiger partial charge in [0.05, 0.1) is 0 Å².